The van der Waals surface area contributed by atoms with Crippen LogP contribution >= 0.6 is 0 Å². The summed E-state index contributed by atoms with van der Waals surface area (Å²) in [5.41, 5.74) is 2.10. The van der Waals surface area contributed by atoms with Crippen LogP contribution in [0.25, 0.3) is 0 Å². The molecule has 0 amide bonds. The lowest BCUT2D eigenvalue weighted by atomic mass is 9.99. The maximum atomic E-state index is 13.0. The molecule has 2 fully saturated rings. The Bertz CT molecular complexity index is 886. The third-order valence-electron chi connectivity index (χ3n) is 5.35. The third kappa shape index (κ3) is 3.22. The zero-order valence-electron chi connectivity index (χ0n) is 14.7. The second-order valence-electron chi connectivity index (χ2n) is 7.30. The fourth-order valence-electron chi connectivity index (χ4n) is 3.40. The summed E-state index contributed by atoms with van der Waals surface area (Å²) in [6, 6.07) is 5.35. The van der Waals surface area contributed by atoms with Gasteiger partial charge in [-0.15, -0.1) is 0 Å². The van der Waals surface area contributed by atoms with E-state index < -0.39 is 10.0 Å². The van der Waals surface area contributed by atoms with E-state index in [0.29, 0.717) is 23.9 Å². The molecule has 0 radical (unpaired) electrons. The van der Waals surface area contributed by atoms with Crippen molar-refractivity contribution in [3.63, 3.8) is 0 Å². The van der Waals surface area contributed by atoms with E-state index >= 15 is 0 Å². The number of hydrogen-bond acceptors (Lipinski definition) is 4. The van der Waals surface area contributed by atoms with Crippen molar-refractivity contribution in [1.29, 1.82) is 0 Å². The van der Waals surface area contributed by atoms with Crippen LogP contribution in [0.4, 0.5) is 0 Å². The first-order chi connectivity index (χ1) is 11.9. The van der Waals surface area contributed by atoms with Crippen LogP contribution < -0.4 is 0 Å². The largest absolute Gasteiger partial charge is 0.263 e. The summed E-state index contributed by atoms with van der Waals surface area (Å²) in [7, 11) is -3.47. The van der Waals surface area contributed by atoms with E-state index in [4.69, 9.17) is 0 Å². The van der Waals surface area contributed by atoms with E-state index in [1.807, 2.05) is 19.9 Å². The van der Waals surface area contributed by atoms with Crippen LogP contribution in [0.5, 0.6) is 0 Å². The Labute approximate surface area is 148 Å². The zero-order chi connectivity index (χ0) is 17.6. The van der Waals surface area contributed by atoms with Crippen LogP contribution in [0.1, 0.15) is 60.3 Å². The van der Waals surface area contributed by atoms with Crippen molar-refractivity contribution in [2.45, 2.75) is 56.3 Å². The molecule has 2 aliphatic rings. The van der Waals surface area contributed by atoms with Crippen LogP contribution in [-0.2, 0) is 10.0 Å². The number of piperidine rings is 1. The average molecular weight is 360 g/mol. The second-order valence-corrected chi connectivity index (χ2v) is 9.24. The first-order valence-corrected chi connectivity index (χ1v) is 10.4. The van der Waals surface area contributed by atoms with E-state index in [1.54, 1.807) is 16.4 Å². The van der Waals surface area contributed by atoms with Crippen molar-refractivity contribution in [2.75, 3.05) is 13.1 Å². The number of aryl methyl sites for hydroxylation is 2. The van der Waals surface area contributed by atoms with E-state index in [-0.39, 0.29) is 5.92 Å². The van der Waals surface area contributed by atoms with Crippen LogP contribution in [0, 0.1) is 13.8 Å². The van der Waals surface area contributed by atoms with Crippen molar-refractivity contribution >= 4 is 10.0 Å². The molecule has 1 saturated carbocycles. The van der Waals surface area contributed by atoms with Gasteiger partial charge in [0.15, 0.2) is 5.82 Å². The summed E-state index contributed by atoms with van der Waals surface area (Å²) in [5.74, 6) is 2.32. The summed E-state index contributed by atoms with van der Waals surface area (Å²) >= 11 is 0. The normalized spacial score (nSPS) is 22.2. The molecule has 1 unspecified atom stereocenters. The molecule has 25 heavy (non-hydrogen) atoms. The first kappa shape index (κ1) is 16.7. The summed E-state index contributed by atoms with van der Waals surface area (Å²) in [5, 5.41) is 7.39. The van der Waals surface area contributed by atoms with Gasteiger partial charge in [0, 0.05) is 24.9 Å². The molecule has 1 atom stereocenters. The van der Waals surface area contributed by atoms with Gasteiger partial charge < -0.3 is 0 Å². The monoisotopic (exact) mass is 360 g/mol. The van der Waals surface area contributed by atoms with Gasteiger partial charge in [0.25, 0.3) is 0 Å². The highest BCUT2D eigenvalue weighted by molar-refractivity contribution is 7.89. The molecule has 0 bridgehead atoms. The maximum absolute atomic E-state index is 13.0. The van der Waals surface area contributed by atoms with Gasteiger partial charge in [0.2, 0.25) is 10.0 Å². The van der Waals surface area contributed by atoms with Crippen LogP contribution in [0.2, 0.25) is 0 Å². The number of aromatic amines is 1. The summed E-state index contributed by atoms with van der Waals surface area (Å²) in [4.78, 5) is 5.00. The first-order valence-electron chi connectivity index (χ1n) is 8.95. The Morgan fingerprint density at radius 3 is 2.64 bits per heavy atom. The van der Waals surface area contributed by atoms with Crippen LogP contribution in [-0.4, -0.2) is 41.0 Å². The predicted molar refractivity (Wildman–Crippen MR) is 95.0 cm³/mol. The highest BCUT2D eigenvalue weighted by Crippen LogP contribution is 2.38. The quantitative estimate of drug-likeness (QED) is 0.909. The number of sulfonamides is 1. The van der Waals surface area contributed by atoms with Gasteiger partial charge in [0.1, 0.15) is 5.82 Å². The van der Waals surface area contributed by atoms with Crippen molar-refractivity contribution in [2.24, 2.45) is 0 Å². The number of hydrogen-bond donors (Lipinski definition) is 1. The second kappa shape index (κ2) is 6.21. The van der Waals surface area contributed by atoms with E-state index in [0.717, 1.165) is 35.6 Å². The Balaban J connectivity index is 1.55. The number of nitrogens with one attached hydrogen (secondary N) is 1. The predicted octanol–water partition coefficient (Wildman–Crippen LogP) is 2.87. The molecule has 4 rings (SSSR count). The van der Waals surface area contributed by atoms with Gasteiger partial charge in [-0.1, -0.05) is 6.07 Å². The van der Waals surface area contributed by atoms with Crippen LogP contribution in [0.3, 0.4) is 0 Å². The van der Waals surface area contributed by atoms with Gasteiger partial charge in [-0.05, 0) is 62.8 Å². The minimum Gasteiger partial charge on any atom is -0.263 e. The molecular formula is C18H24N4O2S. The Morgan fingerprint density at radius 2 is 1.92 bits per heavy atom. The highest BCUT2D eigenvalue weighted by atomic mass is 32.2. The van der Waals surface area contributed by atoms with E-state index in [1.165, 1.54) is 12.8 Å². The number of H-pyrrole nitrogens is 1. The summed E-state index contributed by atoms with van der Waals surface area (Å²) in [6.07, 6.45) is 4.11. The smallest absolute Gasteiger partial charge is 0.243 e. The molecule has 1 N–H and O–H groups in total. The van der Waals surface area contributed by atoms with Gasteiger partial charge in [-0.25, -0.2) is 13.4 Å². The average Bonchev–Trinajstić information content (AvgIpc) is 3.34. The zero-order valence-corrected chi connectivity index (χ0v) is 15.5. The molecule has 6 nitrogen and oxygen atoms in total. The Morgan fingerprint density at radius 1 is 1.12 bits per heavy atom. The number of nitrogens with zero attached hydrogens (tertiary/aromatic N) is 3. The molecule has 134 valence electrons. The van der Waals surface area contributed by atoms with Crippen molar-refractivity contribution in [1.82, 2.24) is 19.5 Å². The Hall–Kier alpha value is -1.73. The van der Waals surface area contributed by atoms with Gasteiger partial charge >= 0.3 is 0 Å². The molecule has 0 spiro atoms. The molecule has 2 heterocycles. The van der Waals surface area contributed by atoms with E-state index in [9.17, 15) is 8.42 Å². The van der Waals surface area contributed by atoms with Gasteiger partial charge in [0.05, 0.1) is 4.90 Å². The number of benzene rings is 1. The number of rotatable bonds is 4. The topological polar surface area (TPSA) is 79.0 Å². The Kier molecular flexibility index (Phi) is 4.16. The van der Waals surface area contributed by atoms with Gasteiger partial charge in [-0.2, -0.15) is 9.40 Å². The van der Waals surface area contributed by atoms with Crippen molar-refractivity contribution in [3.05, 3.63) is 41.0 Å². The van der Waals surface area contributed by atoms with Crippen molar-refractivity contribution in [3.8, 4) is 0 Å². The molecular weight excluding hydrogens is 336 g/mol. The fraction of sp³-hybridized carbons (Fsp3) is 0.556. The number of aromatic nitrogens is 3. The minimum atomic E-state index is -3.47. The lowest BCUT2D eigenvalue weighted by Crippen LogP contribution is -2.39. The summed E-state index contributed by atoms with van der Waals surface area (Å²) < 4.78 is 27.7. The molecule has 2 aromatic rings. The molecule has 7 heteroatoms. The van der Waals surface area contributed by atoms with Crippen LogP contribution in [0.15, 0.2) is 23.1 Å². The molecule has 1 aromatic carbocycles. The molecule has 1 aliphatic heterocycles. The fourth-order valence-corrected chi connectivity index (χ4v) is 5.01. The standard InChI is InChI=1S/C18H24N4O2S/c1-12-5-8-16(10-13(12)2)25(23,24)22-9-3-4-15(11-22)18-19-17(20-21-18)14-6-7-14/h5,8,10,14-15H,3-4,6-7,9,11H2,1-2H3,(H,19,20,21). The van der Waals surface area contributed by atoms with Gasteiger partial charge in [-0.3, -0.25) is 5.10 Å². The third-order valence-corrected chi connectivity index (χ3v) is 7.21. The minimum absolute atomic E-state index is 0.0684. The highest BCUT2D eigenvalue weighted by Gasteiger charge is 2.34. The molecule has 1 saturated heterocycles. The lowest BCUT2D eigenvalue weighted by Gasteiger charge is -2.30. The molecule has 1 aliphatic carbocycles. The van der Waals surface area contributed by atoms with E-state index in [2.05, 4.69) is 15.2 Å². The molecule has 1 aromatic heterocycles. The summed E-state index contributed by atoms with van der Waals surface area (Å²) in [6.45, 7) is 4.95. The van der Waals surface area contributed by atoms with Crippen molar-refractivity contribution < 1.29 is 8.42 Å². The SMILES string of the molecule is Cc1ccc(S(=O)(=O)N2CCCC(c3n[nH]c(C4CC4)n3)C2)cc1C. The maximum Gasteiger partial charge on any atom is 0.243 e. The lowest BCUT2D eigenvalue weighted by molar-refractivity contribution is 0.309.